The first-order valence-electron chi connectivity index (χ1n) is 7.54. The average Bonchev–Trinajstić information content (AvgIpc) is 2.59. The summed E-state index contributed by atoms with van der Waals surface area (Å²) in [6, 6.07) is 2.28. The van der Waals surface area contributed by atoms with E-state index in [9.17, 15) is 25.0 Å². The smallest absolute Gasteiger partial charge is 0.325 e. The number of hydrogen-bond acceptors (Lipinski definition) is 9. The van der Waals surface area contributed by atoms with Gasteiger partial charge in [0.1, 0.15) is 17.9 Å². The van der Waals surface area contributed by atoms with E-state index in [1.807, 2.05) is 11.9 Å². The van der Waals surface area contributed by atoms with Gasteiger partial charge in [0.2, 0.25) is 0 Å². The molecule has 2 rings (SSSR count). The van der Waals surface area contributed by atoms with Crippen LogP contribution in [0.1, 0.15) is 0 Å². The topological polar surface area (TPSA) is 131 Å². The number of nitrogens with zero attached hydrogens (tertiary/aromatic N) is 4. The number of benzene rings is 1. The van der Waals surface area contributed by atoms with Gasteiger partial charge in [-0.05, 0) is 13.1 Å². The number of esters is 1. The minimum absolute atomic E-state index is 0.0370. The molecule has 0 saturated carbocycles. The maximum Gasteiger partial charge on any atom is 0.325 e. The largest absolute Gasteiger partial charge is 0.468 e. The number of hydrogen-bond donors (Lipinski definition) is 1. The Hall–Kier alpha value is -2.95. The Morgan fingerprint density at radius 2 is 1.76 bits per heavy atom. The van der Waals surface area contributed by atoms with E-state index < -0.39 is 21.5 Å². The molecule has 1 aliphatic heterocycles. The van der Waals surface area contributed by atoms with Crippen LogP contribution in [-0.2, 0) is 9.53 Å². The fourth-order valence-corrected chi connectivity index (χ4v) is 2.54. The molecule has 1 N–H and O–H groups in total. The highest BCUT2D eigenvalue weighted by Crippen LogP contribution is 2.38. The van der Waals surface area contributed by atoms with Crippen molar-refractivity contribution in [2.75, 3.05) is 57.1 Å². The molecule has 11 nitrogen and oxygen atoms in total. The second-order valence-electron chi connectivity index (χ2n) is 5.59. The molecule has 0 unspecified atom stereocenters. The van der Waals surface area contributed by atoms with Crippen molar-refractivity contribution in [2.24, 2.45) is 0 Å². The Morgan fingerprint density at radius 1 is 1.16 bits per heavy atom. The van der Waals surface area contributed by atoms with Crippen molar-refractivity contribution in [1.82, 2.24) is 4.90 Å². The molecule has 1 saturated heterocycles. The standard InChI is InChI=1S/C14H19N5O6/c1-16-3-5-17(6-4-16)12-7-10(15-9-14(20)25-2)11(18(21)22)8-13(12)19(23)24/h7-8,15H,3-6,9H2,1-2H3. The van der Waals surface area contributed by atoms with Crippen LogP contribution in [0.15, 0.2) is 12.1 Å². The van der Waals surface area contributed by atoms with Gasteiger partial charge in [-0.25, -0.2) is 0 Å². The van der Waals surface area contributed by atoms with Gasteiger partial charge < -0.3 is 19.9 Å². The molecule has 136 valence electrons. The van der Waals surface area contributed by atoms with Gasteiger partial charge in [0.25, 0.3) is 11.4 Å². The summed E-state index contributed by atoms with van der Waals surface area (Å²) in [6.45, 7) is 2.28. The van der Waals surface area contributed by atoms with E-state index in [0.717, 1.165) is 19.2 Å². The van der Waals surface area contributed by atoms with Crippen LogP contribution in [0.25, 0.3) is 0 Å². The molecule has 0 radical (unpaired) electrons. The van der Waals surface area contributed by atoms with E-state index in [1.54, 1.807) is 0 Å². The maximum atomic E-state index is 11.4. The van der Waals surface area contributed by atoms with Gasteiger partial charge in [-0.3, -0.25) is 25.0 Å². The number of rotatable bonds is 6. The van der Waals surface area contributed by atoms with Crippen LogP contribution in [0.5, 0.6) is 0 Å². The van der Waals surface area contributed by atoms with Crippen molar-refractivity contribution in [1.29, 1.82) is 0 Å². The lowest BCUT2D eigenvalue weighted by atomic mass is 10.1. The minimum Gasteiger partial charge on any atom is -0.468 e. The van der Waals surface area contributed by atoms with Gasteiger partial charge in [-0.1, -0.05) is 0 Å². The third-order valence-electron chi connectivity index (χ3n) is 3.98. The van der Waals surface area contributed by atoms with Crippen LogP contribution in [0.2, 0.25) is 0 Å². The number of carbonyl (C=O) groups excluding carboxylic acids is 1. The van der Waals surface area contributed by atoms with E-state index >= 15 is 0 Å². The second kappa shape index (κ2) is 7.75. The molecular weight excluding hydrogens is 334 g/mol. The number of carbonyl (C=O) groups is 1. The van der Waals surface area contributed by atoms with Gasteiger partial charge >= 0.3 is 5.97 Å². The SMILES string of the molecule is COC(=O)CNc1cc(N2CCN(C)CC2)c([N+](=O)[O-])cc1[N+](=O)[O-]. The van der Waals surface area contributed by atoms with Crippen LogP contribution < -0.4 is 10.2 Å². The zero-order valence-electron chi connectivity index (χ0n) is 13.9. The number of nitro groups is 2. The summed E-state index contributed by atoms with van der Waals surface area (Å²) in [5.74, 6) is -0.603. The van der Waals surface area contributed by atoms with Gasteiger partial charge in [-0.15, -0.1) is 0 Å². The second-order valence-corrected chi connectivity index (χ2v) is 5.59. The normalized spacial score (nSPS) is 14.9. The molecule has 1 aliphatic rings. The highest BCUT2D eigenvalue weighted by Gasteiger charge is 2.29. The van der Waals surface area contributed by atoms with E-state index in [4.69, 9.17) is 0 Å². The van der Waals surface area contributed by atoms with Gasteiger partial charge in [0.15, 0.2) is 0 Å². The lowest BCUT2D eigenvalue weighted by Gasteiger charge is -2.33. The Kier molecular flexibility index (Phi) is 5.70. The lowest BCUT2D eigenvalue weighted by molar-refractivity contribution is -0.393. The molecule has 1 fully saturated rings. The Balaban J connectivity index is 2.43. The summed E-state index contributed by atoms with van der Waals surface area (Å²) in [5, 5.41) is 25.3. The summed E-state index contributed by atoms with van der Waals surface area (Å²) in [6.07, 6.45) is 0. The first-order valence-corrected chi connectivity index (χ1v) is 7.54. The molecule has 25 heavy (non-hydrogen) atoms. The van der Waals surface area contributed by atoms with Crippen molar-refractivity contribution in [3.63, 3.8) is 0 Å². The molecule has 0 aromatic heterocycles. The van der Waals surface area contributed by atoms with E-state index in [1.165, 1.54) is 13.2 Å². The molecule has 1 aromatic rings. The number of nitro benzene ring substituents is 2. The summed E-state index contributed by atoms with van der Waals surface area (Å²) in [5.41, 5.74) is -0.473. The molecule has 1 aromatic carbocycles. The lowest BCUT2D eigenvalue weighted by Crippen LogP contribution is -2.44. The zero-order chi connectivity index (χ0) is 18.6. The number of nitrogens with one attached hydrogen (secondary N) is 1. The quantitative estimate of drug-likeness (QED) is 0.449. The molecule has 0 bridgehead atoms. The Bertz CT molecular complexity index is 687. The average molecular weight is 353 g/mol. The van der Waals surface area contributed by atoms with Crippen LogP contribution >= 0.6 is 0 Å². The summed E-state index contributed by atoms with van der Waals surface area (Å²) >= 11 is 0. The molecule has 0 aliphatic carbocycles. The number of piperazine rings is 1. The summed E-state index contributed by atoms with van der Waals surface area (Å²) in [7, 11) is 3.15. The van der Waals surface area contributed by atoms with E-state index in [2.05, 4.69) is 15.0 Å². The van der Waals surface area contributed by atoms with Crippen LogP contribution in [0, 0.1) is 20.2 Å². The fraction of sp³-hybridized carbons (Fsp3) is 0.500. The fourth-order valence-electron chi connectivity index (χ4n) is 2.54. The van der Waals surface area contributed by atoms with Gasteiger partial charge in [0.05, 0.1) is 23.0 Å². The van der Waals surface area contributed by atoms with E-state index in [-0.39, 0.29) is 23.6 Å². The number of likely N-dealkylation sites (N-methyl/N-ethyl adjacent to an activating group) is 1. The highest BCUT2D eigenvalue weighted by atomic mass is 16.6. The predicted molar refractivity (Wildman–Crippen MR) is 90.0 cm³/mol. The molecule has 0 spiro atoms. The Morgan fingerprint density at radius 3 is 2.28 bits per heavy atom. The van der Waals surface area contributed by atoms with Crippen molar-refractivity contribution in [3.05, 3.63) is 32.4 Å². The number of methoxy groups -OCH3 is 1. The van der Waals surface area contributed by atoms with Crippen LogP contribution in [0.3, 0.4) is 0 Å². The van der Waals surface area contributed by atoms with Crippen molar-refractivity contribution < 1.29 is 19.4 Å². The van der Waals surface area contributed by atoms with Gasteiger partial charge in [-0.2, -0.15) is 0 Å². The molecule has 1 heterocycles. The number of ether oxygens (including phenoxy) is 1. The van der Waals surface area contributed by atoms with Crippen LogP contribution in [0.4, 0.5) is 22.7 Å². The first-order chi connectivity index (χ1) is 11.8. The monoisotopic (exact) mass is 353 g/mol. The predicted octanol–water partition coefficient (Wildman–Crippen LogP) is 0.840. The van der Waals surface area contributed by atoms with Crippen molar-refractivity contribution in [3.8, 4) is 0 Å². The third-order valence-corrected chi connectivity index (χ3v) is 3.98. The van der Waals surface area contributed by atoms with Crippen LogP contribution in [-0.4, -0.2) is 67.6 Å². The van der Waals surface area contributed by atoms with Crippen molar-refractivity contribution in [2.45, 2.75) is 0 Å². The highest BCUT2D eigenvalue weighted by molar-refractivity contribution is 5.81. The summed E-state index contributed by atoms with van der Waals surface area (Å²) in [4.78, 5) is 36.5. The molecule has 0 atom stereocenters. The zero-order valence-corrected chi connectivity index (χ0v) is 13.9. The van der Waals surface area contributed by atoms with Gasteiger partial charge in [0, 0.05) is 26.2 Å². The van der Waals surface area contributed by atoms with Crippen molar-refractivity contribution >= 4 is 28.7 Å². The maximum absolute atomic E-state index is 11.4. The Labute approximate surface area is 143 Å². The molecular formula is C14H19N5O6. The number of anilines is 2. The first kappa shape index (κ1) is 18.4. The minimum atomic E-state index is -0.722. The van der Waals surface area contributed by atoms with E-state index in [0.29, 0.717) is 13.1 Å². The molecule has 0 amide bonds. The summed E-state index contributed by atoms with van der Waals surface area (Å²) < 4.78 is 4.50. The molecule has 11 heteroatoms. The third kappa shape index (κ3) is 4.32.